The summed E-state index contributed by atoms with van der Waals surface area (Å²) in [5.41, 5.74) is 6.67. The number of ether oxygens (including phenoxy) is 1. The van der Waals surface area contributed by atoms with Crippen molar-refractivity contribution < 1.29 is 4.74 Å². The van der Waals surface area contributed by atoms with Crippen LogP contribution in [0.2, 0.25) is 0 Å². The highest BCUT2D eigenvalue weighted by atomic mass is 16.5. The van der Waals surface area contributed by atoms with Crippen LogP contribution >= 0.6 is 0 Å². The number of hydrogen-bond acceptors (Lipinski definition) is 3. The lowest BCUT2D eigenvalue weighted by molar-refractivity contribution is -0.0763. The fourth-order valence-corrected chi connectivity index (χ4v) is 3.54. The lowest BCUT2D eigenvalue weighted by Crippen LogP contribution is -2.50. The van der Waals surface area contributed by atoms with Gasteiger partial charge in [-0.15, -0.1) is 0 Å². The molecule has 112 valence electrons. The molecule has 0 aliphatic heterocycles. The van der Waals surface area contributed by atoms with Gasteiger partial charge in [-0.3, -0.25) is 11.3 Å². The largest absolute Gasteiger partial charge is 0.376 e. The lowest BCUT2D eigenvalue weighted by atomic mass is 9.73. The predicted octanol–water partition coefficient (Wildman–Crippen LogP) is 3.40. The maximum Gasteiger partial charge on any atom is 0.0885 e. The molecule has 0 radical (unpaired) electrons. The lowest BCUT2D eigenvalue weighted by Gasteiger charge is -2.44. The average Bonchev–Trinajstić information content (AvgIpc) is 2.44. The van der Waals surface area contributed by atoms with Gasteiger partial charge in [0.05, 0.1) is 11.6 Å². The summed E-state index contributed by atoms with van der Waals surface area (Å²) < 4.78 is 5.98. The van der Waals surface area contributed by atoms with E-state index < -0.39 is 0 Å². The average molecular weight is 276 g/mol. The first-order valence-corrected chi connectivity index (χ1v) is 7.61. The van der Waals surface area contributed by atoms with Crippen molar-refractivity contribution in [2.75, 3.05) is 7.11 Å². The van der Waals surface area contributed by atoms with Crippen LogP contribution in [-0.4, -0.2) is 12.7 Å². The second-order valence-electron chi connectivity index (χ2n) is 6.41. The number of rotatable bonds is 4. The third kappa shape index (κ3) is 2.90. The number of methoxy groups -OCH3 is 1. The van der Waals surface area contributed by atoms with E-state index in [0.717, 1.165) is 18.8 Å². The van der Waals surface area contributed by atoms with E-state index in [2.05, 4.69) is 44.4 Å². The fourth-order valence-electron chi connectivity index (χ4n) is 3.54. The molecule has 3 heteroatoms. The number of aryl methyl sites for hydroxylation is 2. The topological polar surface area (TPSA) is 47.3 Å². The summed E-state index contributed by atoms with van der Waals surface area (Å²) in [6.45, 7) is 6.60. The van der Waals surface area contributed by atoms with E-state index in [1.165, 1.54) is 29.5 Å². The van der Waals surface area contributed by atoms with Gasteiger partial charge in [-0.2, -0.15) is 0 Å². The van der Waals surface area contributed by atoms with E-state index in [9.17, 15) is 0 Å². The van der Waals surface area contributed by atoms with Crippen LogP contribution in [-0.2, 0) is 4.74 Å². The minimum absolute atomic E-state index is 0.0561. The molecule has 0 spiro atoms. The zero-order chi connectivity index (χ0) is 14.8. The Morgan fingerprint density at radius 2 is 1.95 bits per heavy atom. The summed E-state index contributed by atoms with van der Waals surface area (Å²) in [5.74, 6) is 6.70. The van der Waals surface area contributed by atoms with Crippen LogP contribution in [0.3, 0.4) is 0 Å². The van der Waals surface area contributed by atoms with Crippen LogP contribution in [0.1, 0.15) is 55.3 Å². The van der Waals surface area contributed by atoms with E-state index in [-0.39, 0.29) is 11.6 Å². The molecule has 0 amide bonds. The van der Waals surface area contributed by atoms with Crippen molar-refractivity contribution in [2.24, 2.45) is 11.8 Å². The van der Waals surface area contributed by atoms with E-state index in [1.54, 1.807) is 0 Å². The van der Waals surface area contributed by atoms with Crippen molar-refractivity contribution in [1.82, 2.24) is 5.43 Å². The van der Waals surface area contributed by atoms with Gasteiger partial charge in [0, 0.05) is 7.11 Å². The second-order valence-corrected chi connectivity index (χ2v) is 6.41. The summed E-state index contributed by atoms with van der Waals surface area (Å²) in [6.07, 6.45) is 4.54. The van der Waals surface area contributed by atoms with Crippen LogP contribution in [0.4, 0.5) is 0 Å². The molecular formula is C17H28N2O. The Morgan fingerprint density at radius 3 is 2.45 bits per heavy atom. The number of hydrogen-bond donors (Lipinski definition) is 2. The third-order valence-electron chi connectivity index (χ3n) is 4.96. The van der Waals surface area contributed by atoms with Crippen LogP contribution in [0.5, 0.6) is 0 Å². The molecule has 1 atom stereocenters. The molecule has 0 saturated heterocycles. The van der Waals surface area contributed by atoms with Gasteiger partial charge in [0.15, 0.2) is 0 Å². The fraction of sp³-hybridized carbons (Fsp3) is 0.647. The van der Waals surface area contributed by atoms with Gasteiger partial charge < -0.3 is 4.74 Å². The predicted molar refractivity (Wildman–Crippen MR) is 83.4 cm³/mol. The van der Waals surface area contributed by atoms with Crippen molar-refractivity contribution >= 4 is 0 Å². The first-order valence-electron chi connectivity index (χ1n) is 7.61. The number of hydrazine groups is 1. The summed E-state index contributed by atoms with van der Waals surface area (Å²) in [6, 6.07) is 6.62. The monoisotopic (exact) mass is 276 g/mol. The van der Waals surface area contributed by atoms with Crippen molar-refractivity contribution in [3.05, 3.63) is 34.9 Å². The maximum absolute atomic E-state index is 5.98. The standard InChI is InChI=1S/C17H28N2O/c1-12-7-9-17(20-4,10-8-12)16(19-18)15-6-5-13(2)11-14(15)3/h5-6,11-12,16,19H,7-10,18H2,1-4H3. The van der Waals surface area contributed by atoms with Gasteiger partial charge in [0.1, 0.15) is 0 Å². The van der Waals surface area contributed by atoms with Crippen molar-refractivity contribution in [3.8, 4) is 0 Å². The molecule has 1 aliphatic rings. The van der Waals surface area contributed by atoms with Gasteiger partial charge in [-0.25, -0.2) is 0 Å². The van der Waals surface area contributed by atoms with Gasteiger partial charge >= 0.3 is 0 Å². The Labute approximate surface area is 122 Å². The first kappa shape index (κ1) is 15.5. The Bertz CT molecular complexity index is 450. The molecule has 1 aromatic carbocycles. The molecule has 1 aliphatic carbocycles. The molecule has 1 saturated carbocycles. The normalized spacial score (nSPS) is 28.4. The highest BCUT2D eigenvalue weighted by Crippen LogP contribution is 2.43. The van der Waals surface area contributed by atoms with Crippen molar-refractivity contribution in [2.45, 2.75) is 58.1 Å². The second kappa shape index (κ2) is 6.25. The minimum Gasteiger partial charge on any atom is -0.376 e. The van der Waals surface area contributed by atoms with E-state index in [4.69, 9.17) is 10.6 Å². The minimum atomic E-state index is -0.179. The van der Waals surface area contributed by atoms with Crippen molar-refractivity contribution in [3.63, 3.8) is 0 Å². The van der Waals surface area contributed by atoms with Crippen LogP contribution < -0.4 is 11.3 Å². The molecule has 20 heavy (non-hydrogen) atoms. The Hall–Kier alpha value is -0.900. The van der Waals surface area contributed by atoms with Crippen LogP contribution in [0, 0.1) is 19.8 Å². The summed E-state index contributed by atoms with van der Waals surface area (Å²) in [5, 5.41) is 0. The first-order chi connectivity index (χ1) is 9.52. The van der Waals surface area contributed by atoms with E-state index >= 15 is 0 Å². The Balaban J connectivity index is 2.34. The van der Waals surface area contributed by atoms with Crippen LogP contribution in [0.15, 0.2) is 18.2 Å². The summed E-state index contributed by atoms with van der Waals surface area (Å²) in [4.78, 5) is 0. The van der Waals surface area contributed by atoms with Gasteiger partial charge in [-0.1, -0.05) is 30.7 Å². The molecule has 3 nitrogen and oxygen atoms in total. The maximum atomic E-state index is 5.98. The molecule has 0 aromatic heterocycles. The van der Waals surface area contributed by atoms with Gasteiger partial charge in [-0.05, 0) is 56.6 Å². The smallest absolute Gasteiger partial charge is 0.0885 e. The molecule has 1 unspecified atom stereocenters. The third-order valence-corrected chi connectivity index (χ3v) is 4.96. The zero-order valence-electron chi connectivity index (χ0n) is 13.2. The number of benzene rings is 1. The highest BCUT2D eigenvalue weighted by molar-refractivity contribution is 5.34. The Morgan fingerprint density at radius 1 is 1.30 bits per heavy atom. The SMILES string of the molecule is COC1(C(NN)c2ccc(C)cc2C)CCC(C)CC1. The van der Waals surface area contributed by atoms with Gasteiger partial charge in [0.2, 0.25) is 0 Å². The molecule has 1 fully saturated rings. The Kier molecular flexibility index (Phi) is 4.84. The molecule has 0 bridgehead atoms. The van der Waals surface area contributed by atoms with E-state index in [1.807, 2.05) is 7.11 Å². The molecule has 3 N–H and O–H groups in total. The molecule has 1 aromatic rings. The molecule has 0 heterocycles. The van der Waals surface area contributed by atoms with E-state index in [0.29, 0.717) is 0 Å². The summed E-state index contributed by atoms with van der Waals surface area (Å²) >= 11 is 0. The molecular weight excluding hydrogens is 248 g/mol. The number of nitrogens with one attached hydrogen (secondary N) is 1. The number of nitrogens with two attached hydrogens (primary N) is 1. The highest BCUT2D eigenvalue weighted by Gasteiger charge is 2.42. The zero-order valence-corrected chi connectivity index (χ0v) is 13.2. The molecule has 2 rings (SSSR count). The van der Waals surface area contributed by atoms with Gasteiger partial charge in [0.25, 0.3) is 0 Å². The van der Waals surface area contributed by atoms with Crippen molar-refractivity contribution in [1.29, 1.82) is 0 Å². The van der Waals surface area contributed by atoms with Crippen LogP contribution in [0.25, 0.3) is 0 Å². The quantitative estimate of drug-likeness (QED) is 0.654. The summed E-state index contributed by atoms with van der Waals surface area (Å²) in [7, 11) is 1.82.